The maximum absolute atomic E-state index is 12.2. The molecule has 2 aromatic rings. The van der Waals surface area contributed by atoms with Gasteiger partial charge in [0.2, 0.25) is 0 Å². The van der Waals surface area contributed by atoms with Gasteiger partial charge in [0.1, 0.15) is 11.4 Å². The minimum Gasteiger partial charge on any atom is -0.357 e. The van der Waals surface area contributed by atoms with Gasteiger partial charge in [0, 0.05) is 18.9 Å². The van der Waals surface area contributed by atoms with Crippen LogP contribution in [-0.4, -0.2) is 46.6 Å². The molecule has 22 heavy (non-hydrogen) atoms. The topological polar surface area (TPSA) is 93.0 Å². The molecule has 0 saturated heterocycles. The monoisotopic (exact) mass is 303 g/mol. The quantitative estimate of drug-likeness (QED) is 0.578. The minimum atomic E-state index is -0.591. The first-order valence-corrected chi connectivity index (χ1v) is 7.20. The van der Waals surface area contributed by atoms with Crippen LogP contribution in [0.3, 0.4) is 0 Å². The van der Waals surface area contributed by atoms with E-state index in [2.05, 4.69) is 20.6 Å². The Balaban J connectivity index is 2.05. The summed E-state index contributed by atoms with van der Waals surface area (Å²) < 4.78 is 0. The van der Waals surface area contributed by atoms with Crippen LogP contribution in [0.4, 0.5) is 0 Å². The maximum Gasteiger partial charge on any atom is 0.270 e. The first-order valence-electron chi connectivity index (χ1n) is 7.20. The van der Waals surface area contributed by atoms with Crippen molar-refractivity contribution in [1.82, 2.24) is 25.5 Å². The SMILES string of the molecule is CCCN(C)C(NC(=O)c1ccc[nH]1)NC(=O)c1ccc[nH]1. The molecule has 0 spiro atoms. The Hall–Kier alpha value is -2.54. The number of aromatic nitrogens is 2. The zero-order chi connectivity index (χ0) is 15.9. The smallest absolute Gasteiger partial charge is 0.270 e. The number of H-pyrrole nitrogens is 2. The molecule has 0 aliphatic carbocycles. The standard InChI is InChI=1S/C15H21N5O2/c1-3-10-20(2)15(18-13(21)11-6-4-8-16-11)19-14(22)12-7-5-9-17-12/h4-9,15-17H,3,10H2,1-2H3,(H,18,21)(H,19,22). The second kappa shape index (κ2) is 7.46. The molecule has 4 N–H and O–H groups in total. The second-order valence-corrected chi connectivity index (χ2v) is 5.00. The van der Waals surface area contributed by atoms with Crippen molar-refractivity contribution in [1.29, 1.82) is 0 Å². The van der Waals surface area contributed by atoms with Crippen molar-refractivity contribution in [3.63, 3.8) is 0 Å². The van der Waals surface area contributed by atoms with Gasteiger partial charge < -0.3 is 20.6 Å². The lowest BCUT2D eigenvalue weighted by molar-refractivity contribution is 0.0753. The molecule has 7 heteroatoms. The van der Waals surface area contributed by atoms with E-state index in [1.165, 1.54) is 0 Å². The predicted octanol–water partition coefficient (Wildman–Crippen LogP) is 1.13. The molecule has 0 unspecified atom stereocenters. The van der Waals surface area contributed by atoms with Crippen LogP contribution in [-0.2, 0) is 0 Å². The molecular formula is C15H21N5O2. The molecule has 2 aromatic heterocycles. The van der Waals surface area contributed by atoms with Crippen LogP contribution in [0.15, 0.2) is 36.7 Å². The normalized spacial score (nSPS) is 10.9. The fraction of sp³-hybridized carbons (Fsp3) is 0.333. The van der Waals surface area contributed by atoms with Gasteiger partial charge in [0.15, 0.2) is 6.29 Å². The van der Waals surface area contributed by atoms with Crippen LogP contribution in [0.5, 0.6) is 0 Å². The molecule has 0 fully saturated rings. The third kappa shape index (κ3) is 3.98. The number of carbonyl (C=O) groups excluding carboxylic acids is 2. The third-order valence-corrected chi connectivity index (χ3v) is 3.24. The van der Waals surface area contributed by atoms with Gasteiger partial charge in [-0.15, -0.1) is 0 Å². The highest BCUT2D eigenvalue weighted by atomic mass is 16.2. The Kier molecular flexibility index (Phi) is 5.37. The first kappa shape index (κ1) is 15.8. The average Bonchev–Trinajstić information content (AvgIpc) is 3.19. The van der Waals surface area contributed by atoms with E-state index in [0.717, 1.165) is 13.0 Å². The molecule has 0 aliphatic heterocycles. The number of nitrogens with one attached hydrogen (secondary N) is 4. The van der Waals surface area contributed by atoms with E-state index in [-0.39, 0.29) is 11.8 Å². The molecule has 2 rings (SSSR count). The van der Waals surface area contributed by atoms with Gasteiger partial charge in [-0.05, 0) is 37.7 Å². The van der Waals surface area contributed by atoms with Crippen molar-refractivity contribution < 1.29 is 9.59 Å². The largest absolute Gasteiger partial charge is 0.357 e. The van der Waals surface area contributed by atoms with Gasteiger partial charge in [-0.2, -0.15) is 0 Å². The van der Waals surface area contributed by atoms with E-state index in [9.17, 15) is 9.59 Å². The summed E-state index contributed by atoms with van der Waals surface area (Å²) in [7, 11) is 1.85. The maximum atomic E-state index is 12.2. The number of amides is 2. The number of hydrogen-bond acceptors (Lipinski definition) is 3. The molecule has 0 aliphatic rings. The van der Waals surface area contributed by atoms with Crippen LogP contribution < -0.4 is 10.6 Å². The lowest BCUT2D eigenvalue weighted by Crippen LogP contribution is -2.57. The van der Waals surface area contributed by atoms with Crippen molar-refractivity contribution in [3.8, 4) is 0 Å². The number of hydrogen-bond donors (Lipinski definition) is 4. The number of nitrogens with zero attached hydrogens (tertiary/aromatic N) is 1. The van der Waals surface area contributed by atoms with Crippen molar-refractivity contribution in [2.75, 3.05) is 13.6 Å². The molecule has 0 saturated carbocycles. The highest BCUT2D eigenvalue weighted by molar-refractivity contribution is 5.94. The van der Waals surface area contributed by atoms with E-state index >= 15 is 0 Å². The van der Waals surface area contributed by atoms with Crippen LogP contribution in [0.25, 0.3) is 0 Å². The predicted molar refractivity (Wildman–Crippen MR) is 83.2 cm³/mol. The summed E-state index contributed by atoms with van der Waals surface area (Å²) in [4.78, 5) is 31.9. The van der Waals surface area contributed by atoms with E-state index < -0.39 is 6.29 Å². The van der Waals surface area contributed by atoms with Gasteiger partial charge >= 0.3 is 0 Å². The number of aromatic amines is 2. The van der Waals surface area contributed by atoms with Crippen LogP contribution in [0.2, 0.25) is 0 Å². The second-order valence-electron chi connectivity index (χ2n) is 5.00. The van der Waals surface area contributed by atoms with Crippen LogP contribution >= 0.6 is 0 Å². The number of rotatable bonds is 7. The Morgan fingerprint density at radius 3 is 1.95 bits per heavy atom. The molecular weight excluding hydrogens is 282 g/mol. The van der Waals surface area contributed by atoms with E-state index in [1.54, 1.807) is 36.7 Å². The molecule has 2 heterocycles. The Bertz CT molecular complexity index is 543. The van der Waals surface area contributed by atoms with Crippen molar-refractivity contribution in [2.45, 2.75) is 19.6 Å². The Morgan fingerprint density at radius 1 is 1.09 bits per heavy atom. The summed E-state index contributed by atoms with van der Waals surface area (Å²) in [5.41, 5.74) is 0.896. The van der Waals surface area contributed by atoms with Gasteiger partial charge in [0.05, 0.1) is 0 Å². The summed E-state index contributed by atoms with van der Waals surface area (Å²) in [6.45, 7) is 2.77. The fourth-order valence-electron chi connectivity index (χ4n) is 2.09. The summed E-state index contributed by atoms with van der Waals surface area (Å²) >= 11 is 0. The van der Waals surface area contributed by atoms with Crippen LogP contribution in [0, 0.1) is 0 Å². The highest BCUT2D eigenvalue weighted by Gasteiger charge is 2.21. The molecule has 2 amide bonds. The van der Waals surface area contributed by atoms with E-state index in [4.69, 9.17) is 0 Å². The number of carbonyl (C=O) groups is 2. The minimum absolute atomic E-state index is 0.273. The molecule has 0 bridgehead atoms. The molecule has 7 nitrogen and oxygen atoms in total. The molecule has 118 valence electrons. The lowest BCUT2D eigenvalue weighted by atomic mass is 10.3. The van der Waals surface area contributed by atoms with Gasteiger partial charge in [-0.25, -0.2) is 0 Å². The first-order chi connectivity index (χ1) is 10.6. The van der Waals surface area contributed by atoms with E-state index in [1.807, 2.05) is 18.9 Å². The third-order valence-electron chi connectivity index (χ3n) is 3.24. The Morgan fingerprint density at radius 2 is 1.59 bits per heavy atom. The van der Waals surface area contributed by atoms with Crippen molar-refractivity contribution in [3.05, 3.63) is 48.0 Å². The highest BCUT2D eigenvalue weighted by Crippen LogP contribution is 2.00. The van der Waals surface area contributed by atoms with Crippen molar-refractivity contribution >= 4 is 11.8 Å². The van der Waals surface area contributed by atoms with Crippen LogP contribution in [0.1, 0.15) is 34.3 Å². The zero-order valence-electron chi connectivity index (χ0n) is 12.7. The average molecular weight is 303 g/mol. The lowest BCUT2D eigenvalue weighted by Gasteiger charge is -2.28. The molecule has 0 aromatic carbocycles. The molecule has 0 radical (unpaired) electrons. The summed E-state index contributed by atoms with van der Waals surface area (Å²) in [6, 6.07) is 6.85. The summed E-state index contributed by atoms with van der Waals surface area (Å²) in [6.07, 6.45) is 3.67. The summed E-state index contributed by atoms with van der Waals surface area (Å²) in [5.74, 6) is -0.547. The van der Waals surface area contributed by atoms with Gasteiger partial charge in [0.25, 0.3) is 11.8 Å². The van der Waals surface area contributed by atoms with Gasteiger partial charge in [-0.3, -0.25) is 14.5 Å². The zero-order valence-corrected chi connectivity index (χ0v) is 12.7. The molecule has 0 atom stereocenters. The van der Waals surface area contributed by atoms with E-state index in [0.29, 0.717) is 11.4 Å². The summed E-state index contributed by atoms with van der Waals surface area (Å²) in [5, 5.41) is 5.61. The van der Waals surface area contributed by atoms with Gasteiger partial charge in [-0.1, -0.05) is 6.92 Å². The van der Waals surface area contributed by atoms with Crippen molar-refractivity contribution in [2.24, 2.45) is 0 Å². The fourth-order valence-corrected chi connectivity index (χ4v) is 2.09. The Labute approximate surface area is 129 Å².